The summed E-state index contributed by atoms with van der Waals surface area (Å²) in [5, 5.41) is 0. The van der Waals surface area contributed by atoms with Crippen LogP contribution in [-0.4, -0.2) is 47.4 Å². The topological polar surface area (TPSA) is 23.6 Å². The number of amides is 1. The molecule has 22 heavy (non-hydrogen) atoms. The minimum atomic E-state index is 0.325. The minimum absolute atomic E-state index is 0.325. The first-order chi connectivity index (χ1) is 10.7. The Balaban J connectivity index is 1.62. The van der Waals surface area contributed by atoms with Gasteiger partial charge in [-0.15, -0.1) is 0 Å². The molecule has 3 rings (SSSR count). The second kappa shape index (κ2) is 6.97. The largest absolute Gasteiger partial charge is 0.334 e. The van der Waals surface area contributed by atoms with Crippen molar-refractivity contribution in [2.75, 3.05) is 19.6 Å². The lowest BCUT2D eigenvalue weighted by Gasteiger charge is -2.41. The Hall–Kier alpha value is -1.13. The minimum Gasteiger partial charge on any atom is -0.334 e. The van der Waals surface area contributed by atoms with Crippen molar-refractivity contribution in [2.24, 2.45) is 0 Å². The van der Waals surface area contributed by atoms with Crippen LogP contribution < -0.4 is 0 Å². The van der Waals surface area contributed by atoms with Gasteiger partial charge in [-0.1, -0.05) is 53.2 Å². The van der Waals surface area contributed by atoms with Gasteiger partial charge in [0.05, 0.1) is 0 Å². The van der Waals surface area contributed by atoms with Crippen molar-refractivity contribution < 1.29 is 4.79 Å². The third-order valence-corrected chi connectivity index (χ3v) is 5.13. The molecule has 0 aliphatic carbocycles. The van der Waals surface area contributed by atoms with E-state index in [1.165, 1.54) is 10.0 Å². The molecule has 2 heterocycles. The summed E-state index contributed by atoms with van der Waals surface area (Å²) in [6, 6.07) is 11.2. The summed E-state index contributed by atoms with van der Waals surface area (Å²) >= 11 is 3.71. The molecular weight excluding hydrogens is 340 g/mol. The monoisotopic (exact) mass is 362 g/mol. The molecule has 0 radical (unpaired) electrons. The van der Waals surface area contributed by atoms with Crippen LogP contribution in [0.1, 0.15) is 31.7 Å². The van der Waals surface area contributed by atoms with Crippen LogP contribution in [0.25, 0.3) is 6.08 Å². The maximum atomic E-state index is 12.1. The van der Waals surface area contributed by atoms with E-state index in [1.807, 2.05) is 13.0 Å². The van der Waals surface area contributed by atoms with Crippen LogP contribution in [0.15, 0.2) is 34.8 Å². The van der Waals surface area contributed by atoms with E-state index in [0.29, 0.717) is 24.4 Å². The number of nitrogens with zero attached hydrogens (tertiary/aromatic N) is 2. The average molecular weight is 363 g/mol. The van der Waals surface area contributed by atoms with Gasteiger partial charge in [0.15, 0.2) is 0 Å². The van der Waals surface area contributed by atoms with Gasteiger partial charge in [0.25, 0.3) is 0 Å². The highest BCUT2D eigenvalue weighted by Gasteiger charge is 2.41. The summed E-state index contributed by atoms with van der Waals surface area (Å²) in [7, 11) is 0. The maximum absolute atomic E-state index is 12.1. The Morgan fingerprint density at radius 1 is 1.23 bits per heavy atom. The molecule has 2 unspecified atom stereocenters. The summed E-state index contributed by atoms with van der Waals surface area (Å²) in [6.45, 7) is 4.89. The Bertz CT molecular complexity index is 543. The molecule has 2 aliphatic heterocycles. The van der Waals surface area contributed by atoms with Gasteiger partial charge in [0.2, 0.25) is 5.91 Å². The molecule has 2 atom stereocenters. The second-order valence-electron chi connectivity index (χ2n) is 6.24. The molecule has 0 saturated carbocycles. The number of halogens is 1. The maximum Gasteiger partial charge on any atom is 0.222 e. The molecule has 1 aromatic carbocycles. The van der Waals surface area contributed by atoms with Gasteiger partial charge in [-0.05, 0) is 24.5 Å². The lowest BCUT2D eigenvalue weighted by molar-refractivity contribution is -0.136. The molecule has 0 N–H and O–H groups in total. The molecule has 3 nitrogen and oxygen atoms in total. The average Bonchev–Trinajstić information content (AvgIpc) is 2.78. The van der Waals surface area contributed by atoms with E-state index in [4.69, 9.17) is 0 Å². The van der Waals surface area contributed by atoms with Crippen LogP contribution >= 0.6 is 15.9 Å². The fourth-order valence-corrected chi connectivity index (χ4v) is 4.32. The zero-order valence-electron chi connectivity index (χ0n) is 13.0. The van der Waals surface area contributed by atoms with Gasteiger partial charge in [0, 0.05) is 42.6 Å². The molecule has 0 aromatic heterocycles. The molecule has 1 aromatic rings. The summed E-state index contributed by atoms with van der Waals surface area (Å²) in [4.78, 5) is 16.7. The van der Waals surface area contributed by atoms with Crippen LogP contribution in [0.4, 0.5) is 0 Å². The van der Waals surface area contributed by atoms with Crippen molar-refractivity contribution in [1.29, 1.82) is 0 Å². The lowest BCUT2D eigenvalue weighted by Crippen LogP contribution is -2.55. The number of hydrogen-bond donors (Lipinski definition) is 0. The number of carbonyl (C=O) groups excluding carboxylic acids is 1. The van der Waals surface area contributed by atoms with Crippen molar-refractivity contribution in [3.8, 4) is 0 Å². The number of benzene rings is 1. The molecular formula is C18H23BrN2O. The molecule has 2 fully saturated rings. The van der Waals surface area contributed by atoms with Crippen LogP contribution in [0, 0.1) is 0 Å². The number of piperazine rings is 1. The lowest BCUT2D eigenvalue weighted by atomic mass is 10.1. The highest BCUT2D eigenvalue weighted by atomic mass is 79.9. The van der Waals surface area contributed by atoms with E-state index < -0.39 is 0 Å². The van der Waals surface area contributed by atoms with Crippen LogP contribution in [-0.2, 0) is 4.79 Å². The standard InChI is InChI=1S/C18H23BrN2O/c1-2-18(22)21-16-8-9-17(21)13-20(12-16)11-15(19)10-14-6-4-3-5-7-14/h3-7,10,16-17H,2,8-9,11-13H2,1H3/b15-10-. The van der Waals surface area contributed by atoms with E-state index in [0.717, 1.165) is 32.5 Å². The summed E-state index contributed by atoms with van der Waals surface area (Å²) < 4.78 is 1.20. The van der Waals surface area contributed by atoms with Crippen LogP contribution in [0.5, 0.6) is 0 Å². The molecule has 2 bridgehead atoms. The molecule has 2 saturated heterocycles. The first kappa shape index (κ1) is 15.8. The van der Waals surface area contributed by atoms with Crippen molar-refractivity contribution in [3.05, 3.63) is 40.4 Å². The summed E-state index contributed by atoms with van der Waals surface area (Å²) in [6.07, 6.45) is 5.13. The third-order valence-electron chi connectivity index (χ3n) is 4.65. The van der Waals surface area contributed by atoms with E-state index in [9.17, 15) is 4.79 Å². The predicted octanol–water partition coefficient (Wildman–Crippen LogP) is 3.51. The van der Waals surface area contributed by atoms with E-state index >= 15 is 0 Å². The second-order valence-corrected chi connectivity index (χ2v) is 7.25. The van der Waals surface area contributed by atoms with Gasteiger partial charge in [0.1, 0.15) is 0 Å². The molecule has 118 valence electrons. The van der Waals surface area contributed by atoms with Crippen LogP contribution in [0.3, 0.4) is 0 Å². The first-order valence-corrected chi connectivity index (χ1v) is 8.91. The number of hydrogen-bond acceptors (Lipinski definition) is 2. The number of carbonyl (C=O) groups is 1. The van der Waals surface area contributed by atoms with Gasteiger partial charge < -0.3 is 4.90 Å². The van der Waals surface area contributed by atoms with Crippen molar-refractivity contribution in [3.63, 3.8) is 0 Å². The summed E-state index contributed by atoms with van der Waals surface area (Å²) in [5.74, 6) is 0.325. The Labute approximate surface area is 141 Å². The van der Waals surface area contributed by atoms with Gasteiger partial charge in [-0.3, -0.25) is 9.69 Å². The SMILES string of the molecule is CCC(=O)N1C2CCC1CN(C/C(Br)=C/c1ccccc1)C2. The first-order valence-electron chi connectivity index (χ1n) is 8.12. The molecule has 0 spiro atoms. The highest BCUT2D eigenvalue weighted by Crippen LogP contribution is 2.31. The predicted molar refractivity (Wildman–Crippen MR) is 93.7 cm³/mol. The quantitative estimate of drug-likeness (QED) is 0.818. The smallest absolute Gasteiger partial charge is 0.222 e. The Morgan fingerprint density at radius 2 is 1.86 bits per heavy atom. The normalized spacial score (nSPS) is 25.5. The molecule has 2 aliphatic rings. The number of fused-ring (bicyclic) bond motifs is 2. The van der Waals surface area contributed by atoms with Crippen LogP contribution in [0.2, 0.25) is 0 Å². The number of likely N-dealkylation sites (tertiary alicyclic amines) is 1. The van der Waals surface area contributed by atoms with Gasteiger partial charge in [-0.25, -0.2) is 0 Å². The van der Waals surface area contributed by atoms with Crippen molar-refractivity contribution in [1.82, 2.24) is 9.80 Å². The molecule has 4 heteroatoms. The van der Waals surface area contributed by atoms with E-state index in [1.54, 1.807) is 0 Å². The zero-order valence-corrected chi connectivity index (χ0v) is 14.6. The summed E-state index contributed by atoms with van der Waals surface area (Å²) in [5.41, 5.74) is 1.22. The van der Waals surface area contributed by atoms with E-state index in [-0.39, 0.29) is 0 Å². The van der Waals surface area contributed by atoms with E-state index in [2.05, 4.69) is 56.1 Å². The zero-order chi connectivity index (χ0) is 15.5. The van der Waals surface area contributed by atoms with Crippen molar-refractivity contribution in [2.45, 2.75) is 38.3 Å². The number of rotatable bonds is 4. The fourth-order valence-electron chi connectivity index (χ4n) is 3.70. The third kappa shape index (κ3) is 3.44. The Kier molecular flexibility index (Phi) is 4.99. The molecule has 1 amide bonds. The highest BCUT2D eigenvalue weighted by molar-refractivity contribution is 9.11. The van der Waals surface area contributed by atoms with Gasteiger partial charge in [-0.2, -0.15) is 0 Å². The fraction of sp³-hybridized carbons (Fsp3) is 0.500. The van der Waals surface area contributed by atoms with Gasteiger partial charge >= 0.3 is 0 Å². The van der Waals surface area contributed by atoms with Crippen molar-refractivity contribution >= 4 is 27.9 Å². The Morgan fingerprint density at radius 3 is 2.45 bits per heavy atom.